The van der Waals surface area contributed by atoms with E-state index in [-0.39, 0.29) is 23.4 Å². The molecule has 3 nitrogen and oxygen atoms in total. The third-order valence-electron chi connectivity index (χ3n) is 3.96. The van der Waals surface area contributed by atoms with Crippen LogP contribution < -0.4 is 0 Å². The van der Waals surface area contributed by atoms with Crippen LogP contribution in [0.25, 0.3) is 0 Å². The molecule has 0 aromatic rings. The van der Waals surface area contributed by atoms with Crippen LogP contribution in [-0.4, -0.2) is 37.8 Å². The second kappa shape index (κ2) is 3.67. The van der Waals surface area contributed by atoms with Gasteiger partial charge in [-0.05, 0) is 18.1 Å². The van der Waals surface area contributed by atoms with Crippen molar-refractivity contribution in [2.75, 3.05) is 0 Å². The van der Waals surface area contributed by atoms with E-state index >= 15 is 0 Å². The molecule has 2 aliphatic rings. The van der Waals surface area contributed by atoms with Crippen LogP contribution in [0.4, 0.5) is 0 Å². The summed E-state index contributed by atoms with van der Waals surface area (Å²) in [5.74, 6) is 0. The highest BCUT2D eigenvalue weighted by atomic mass is 28.4. The summed E-state index contributed by atoms with van der Waals surface area (Å²) in [7, 11) is -1.74. The van der Waals surface area contributed by atoms with Gasteiger partial charge in [0.1, 0.15) is 18.3 Å². The lowest BCUT2D eigenvalue weighted by Gasteiger charge is -2.38. The molecule has 0 aromatic heterocycles. The first-order chi connectivity index (χ1) is 7.22. The van der Waals surface area contributed by atoms with Gasteiger partial charge in [-0.3, -0.25) is 0 Å². The molecule has 92 valence electrons. The molecule has 1 aliphatic carbocycles. The van der Waals surface area contributed by atoms with E-state index in [9.17, 15) is 5.11 Å². The van der Waals surface area contributed by atoms with E-state index in [2.05, 4.69) is 33.9 Å². The van der Waals surface area contributed by atoms with Gasteiger partial charge in [-0.1, -0.05) is 32.9 Å². The molecule has 0 radical (unpaired) electrons. The maximum atomic E-state index is 9.54. The van der Waals surface area contributed by atoms with Gasteiger partial charge < -0.3 is 14.3 Å². The fourth-order valence-corrected chi connectivity index (χ4v) is 2.99. The number of rotatable bonds is 2. The van der Waals surface area contributed by atoms with Crippen molar-refractivity contribution < 1.29 is 14.3 Å². The Labute approximate surface area is 98.6 Å². The van der Waals surface area contributed by atoms with Crippen molar-refractivity contribution >= 4 is 8.32 Å². The second-order valence-corrected chi connectivity index (χ2v) is 11.0. The first kappa shape index (κ1) is 12.3. The van der Waals surface area contributed by atoms with Crippen molar-refractivity contribution in [2.45, 2.75) is 63.3 Å². The smallest absolute Gasteiger partial charge is 0.193 e. The summed E-state index contributed by atoms with van der Waals surface area (Å²) in [6.07, 6.45) is 3.40. The van der Waals surface area contributed by atoms with Gasteiger partial charge in [0.2, 0.25) is 0 Å². The molecule has 16 heavy (non-hydrogen) atoms. The SMILES string of the molecule is CC(C)(C)[Si](C)(C)O[C@H]1C=C[C@H](O)[C@H]2O[C@H]21. The molecule has 0 amide bonds. The van der Waals surface area contributed by atoms with Crippen molar-refractivity contribution in [3.8, 4) is 0 Å². The highest BCUT2D eigenvalue weighted by Gasteiger charge is 2.53. The molecule has 0 bridgehead atoms. The predicted octanol–water partition coefficient (Wildman–Crippen LogP) is 2.07. The van der Waals surface area contributed by atoms with Crippen LogP contribution >= 0.6 is 0 Å². The van der Waals surface area contributed by atoms with Crippen LogP contribution in [-0.2, 0) is 9.16 Å². The fourth-order valence-electron chi connectivity index (χ4n) is 1.74. The molecule has 4 atom stereocenters. The van der Waals surface area contributed by atoms with Crippen LogP contribution in [0, 0.1) is 0 Å². The number of aliphatic hydroxyl groups is 1. The molecule has 1 heterocycles. The first-order valence-corrected chi connectivity index (χ1v) is 8.83. The van der Waals surface area contributed by atoms with Crippen LogP contribution in [0.3, 0.4) is 0 Å². The quantitative estimate of drug-likeness (QED) is 0.458. The van der Waals surface area contributed by atoms with E-state index in [0.29, 0.717) is 0 Å². The summed E-state index contributed by atoms with van der Waals surface area (Å²) in [6.45, 7) is 11.2. The topological polar surface area (TPSA) is 42.0 Å². The molecule has 0 saturated carbocycles. The van der Waals surface area contributed by atoms with Crippen molar-refractivity contribution in [1.29, 1.82) is 0 Å². The Kier molecular flexibility index (Phi) is 2.82. The van der Waals surface area contributed by atoms with Gasteiger partial charge in [0.25, 0.3) is 0 Å². The molecule has 0 unspecified atom stereocenters. The Balaban J connectivity index is 2.04. The summed E-state index contributed by atoms with van der Waals surface area (Å²) in [5, 5.41) is 9.75. The largest absolute Gasteiger partial charge is 0.408 e. The first-order valence-electron chi connectivity index (χ1n) is 5.92. The minimum atomic E-state index is -1.74. The van der Waals surface area contributed by atoms with Gasteiger partial charge in [0.15, 0.2) is 8.32 Å². The third-order valence-corrected chi connectivity index (χ3v) is 8.43. The van der Waals surface area contributed by atoms with Crippen LogP contribution in [0.15, 0.2) is 12.2 Å². The molecule has 4 heteroatoms. The van der Waals surface area contributed by atoms with Gasteiger partial charge >= 0.3 is 0 Å². The molecule has 1 N–H and O–H groups in total. The van der Waals surface area contributed by atoms with Crippen LogP contribution in [0.5, 0.6) is 0 Å². The van der Waals surface area contributed by atoms with Gasteiger partial charge in [0.05, 0.1) is 6.10 Å². The van der Waals surface area contributed by atoms with Crippen molar-refractivity contribution in [1.82, 2.24) is 0 Å². The zero-order chi connectivity index (χ0) is 12.1. The van der Waals surface area contributed by atoms with Gasteiger partial charge in [-0.25, -0.2) is 0 Å². The van der Waals surface area contributed by atoms with Crippen LogP contribution in [0.2, 0.25) is 18.1 Å². The molecule has 1 fully saturated rings. The van der Waals surface area contributed by atoms with Crippen LogP contribution in [0.1, 0.15) is 20.8 Å². The zero-order valence-corrected chi connectivity index (χ0v) is 11.7. The fraction of sp³-hybridized carbons (Fsp3) is 0.833. The molecule has 1 aliphatic heterocycles. The van der Waals surface area contributed by atoms with E-state index in [1.165, 1.54) is 0 Å². The minimum absolute atomic E-state index is 0.0280. The minimum Gasteiger partial charge on any atom is -0.408 e. The van der Waals surface area contributed by atoms with E-state index in [0.717, 1.165) is 0 Å². The molecule has 1 saturated heterocycles. The summed E-state index contributed by atoms with van der Waals surface area (Å²) in [4.78, 5) is 0. The second-order valence-electron chi connectivity index (χ2n) is 6.28. The number of hydrogen-bond donors (Lipinski definition) is 1. The summed E-state index contributed by atoms with van der Waals surface area (Å²) >= 11 is 0. The highest BCUT2D eigenvalue weighted by Crippen LogP contribution is 2.41. The maximum absolute atomic E-state index is 9.54. The standard InChI is InChI=1S/C12H22O3Si/c1-12(2,3)16(4,5)15-9-7-6-8(13)10-11(9)14-10/h6-11,13H,1-5H3/t8-,9-,10+,11-/m0/s1. The zero-order valence-electron chi connectivity index (χ0n) is 10.7. The molecule has 0 aromatic carbocycles. The summed E-state index contributed by atoms with van der Waals surface area (Å²) in [5.41, 5.74) is 0. The number of epoxide rings is 1. The van der Waals surface area contributed by atoms with E-state index in [1.807, 2.05) is 6.08 Å². The monoisotopic (exact) mass is 242 g/mol. The molecular weight excluding hydrogens is 220 g/mol. The lowest BCUT2D eigenvalue weighted by Crippen LogP contribution is -2.46. The molecule has 0 spiro atoms. The number of fused-ring (bicyclic) bond motifs is 1. The third kappa shape index (κ3) is 2.11. The van der Waals surface area contributed by atoms with Gasteiger partial charge in [0, 0.05) is 0 Å². The Morgan fingerprint density at radius 3 is 2.38 bits per heavy atom. The number of ether oxygens (including phenoxy) is 1. The lowest BCUT2D eigenvalue weighted by molar-refractivity contribution is 0.176. The normalized spacial score (nSPS) is 38.4. The highest BCUT2D eigenvalue weighted by molar-refractivity contribution is 6.74. The van der Waals surface area contributed by atoms with E-state index in [4.69, 9.17) is 9.16 Å². The number of hydrogen-bond acceptors (Lipinski definition) is 3. The molecule has 2 rings (SSSR count). The van der Waals surface area contributed by atoms with Crippen molar-refractivity contribution in [3.63, 3.8) is 0 Å². The van der Waals surface area contributed by atoms with Gasteiger partial charge in [-0.15, -0.1) is 0 Å². The van der Waals surface area contributed by atoms with Gasteiger partial charge in [-0.2, -0.15) is 0 Å². The Morgan fingerprint density at radius 2 is 1.81 bits per heavy atom. The van der Waals surface area contributed by atoms with Crippen molar-refractivity contribution in [2.24, 2.45) is 0 Å². The van der Waals surface area contributed by atoms with Crippen molar-refractivity contribution in [3.05, 3.63) is 12.2 Å². The lowest BCUT2D eigenvalue weighted by atomic mass is 10.0. The average Bonchev–Trinajstić information content (AvgIpc) is 2.87. The summed E-state index contributed by atoms with van der Waals surface area (Å²) < 4.78 is 11.7. The molecular formula is C12H22O3Si. The summed E-state index contributed by atoms with van der Waals surface area (Å²) in [6, 6.07) is 0. The average molecular weight is 242 g/mol. The Bertz CT molecular complexity index is 306. The Hall–Kier alpha value is -0.163. The Morgan fingerprint density at radius 1 is 1.19 bits per heavy atom. The van der Waals surface area contributed by atoms with E-state index in [1.54, 1.807) is 6.08 Å². The number of aliphatic hydroxyl groups excluding tert-OH is 1. The van der Waals surface area contributed by atoms with E-state index < -0.39 is 14.4 Å². The predicted molar refractivity (Wildman–Crippen MR) is 65.9 cm³/mol. The maximum Gasteiger partial charge on any atom is 0.193 e.